The molecule has 8 nitrogen and oxygen atoms in total. The van der Waals surface area contributed by atoms with Crippen LogP contribution in [0, 0.1) is 17.2 Å². The Bertz CT molecular complexity index is 1240. The van der Waals surface area contributed by atoms with Crippen LogP contribution in [0.4, 0.5) is 26.3 Å². The number of alkyl halides is 6. The zero-order chi connectivity index (χ0) is 26.9. The number of hydrogen-bond donors (Lipinski definition) is 2. The molecule has 1 aliphatic rings. The molecule has 2 aromatic rings. The van der Waals surface area contributed by atoms with E-state index in [4.69, 9.17) is 4.74 Å². The number of rotatable bonds is 7. The number of nitrogens with zero attached hydrogens (tertiary/aromatic N) is 2. The standard InChI is InChI=1S/C21H18F6N2O6S/c22-20(23,24)14-1-6-18(13(7-14)8-28)36(32,33)29-9-15(19(31,11-29)12-30)10-34-16-2-4-17(5-3-16)35-21(25,26)27/h1-7,15,30-31H,9-12H2/t15-,19-/m1/s1. The molecule has 36 heavy (non-hydrogen) atoms. The summed E-state index contributed by atoms with van der Waals surface area (Å²) in [6, 6.07) is 7.20. The lowest BCUT2D eigenvalue weighted by Crippen LogP contribution is -2.44. The molecular formula is C21H18F6N2O6S. The SMILES string of the molecule is N#Cc1cc(C(F)(F)F)ccc1S(=O)(=O)N1C[C@H](COc2ccc(OC(F)(F)F)cc2)[C@](O)(CO)C1. The molecule has 0 bridgehead atoms. The van der Waals surface area contributed by atoms with Crippen molar-refractivity contribution < 1.29 is 54.4 Å². The third-order valence-electron chi connectivity index (χ3n) is 5.46. The second kappa shape index (κ2) is 9.77. The van der Waals surface area contributed by atoms with Crippen LogP contribution in [0.2, 0.25) is 0 Å². The molecule has 2 atom stereocenters. The van der Waals surface area contributed by atoms with Gasteiger partial charge in [0.05, 0.1) is 29.2 Å². The molecule has 0 saturated carbocycles. The van der Waals surface area contributed by atoms with Crippen LogP contribution >= 0.6 is 0 Å². The van der Waals surface area contributed by atoms with Crippen molar-refractivity contribution in [3.8, 4) is 17.6 Å². The summed E-state index contributed by atoms with van der Waals surface area (Å²) in [6.45, 7) is -2.35. The third kappa shape index (κ3) is 6.01. The van der Waals surface area contributed by atoms with Crippen molar-refractivity contribution in [3.05, 3.63) is 53.6 Å². The van der Waals surface area contributed by atoms with E-state index >= 15 is 0 Å². The smallest absolute Gasteiger partial charge is 0.493 e. The predicted molar refractivity (Wildman–Crippen MR) is 109 cm³/mol. The number of nitriles is 1. The molecule has 1 fully saturated rings. The molecule has 0 spiro atoms. The molecule has 0 aliphatic carbocycles. The summed E-state index contributed by atoms with van der Waals surface area (Å²) in [6.07, 6.45) is -9.70. The van der Waals surface area contributed by atoms with Gasteiger partial charge in [0.15, 0.2) is 0 Å². The van der Waals surface area contributed by atoms with E-state index in [1.165, 1.54) is 6.07 Å². The maximum absolute atomic E-state index is 13.1. The van der Waals surface area contributed by atoms with Gasteiger partial charge in [-0.2, -0.15) is 22.7 Å². The van der Waals surface area contributed by atoms with Gasteiger partial charge in [-0.25, -0.2) is 8.42 Å². The molecule has 0 aromatic heterocycles. The van der Waals surface area contributed by atoms with Crippen LogP contribution < -0.4 is 9.47 Å². The van der Waals surface area contributed by atoms with Gasteiger partial charge in [-0.15, -0.1) is 13.2 Å². The maximum atomic E-state index is 13.1. The van der Waals surface area contributed by atoms with Gasteiger partial charge in [0.2, 0.25) is 10.0 Å². The van der Waals surface area contributed by atoms with Gasteiger partial charge < -0.3 is 19.7 Å². The van der Waals surface area contributed by atoms with E-state index in [1.807, 2.05) is 0 Å². The highest BCUT2D eigenvalue weighted by atomic mass is 32.2. The molecule has 0 radical (unpaired) electrons. The minimum absolute atomic E-state index is 0.0561. The summed E-state index contributed by atoms with van der Waals surface area (Å²) in [5.41, 5.74) is -3.98. The van der Waals surface area contributed by atoms with E-state index in [2.05, 4.69) is 4.74 Å². The maximum Gasteiger partial charge on any atom is 0.573 e. The highest BCUT2D eigenvalue weighted by Gasteiger charge is 2.50. The second-order valence-electron chi connectivity index (χ2n) is 7.91. The highest BCUT2D eigenvalue weighted by Crippen LogP contribution is 2.36. The van der Waals surface area contributed by atoms with E-state index in [-0.39, 0.29) is 12.4 Å². The van der Waals surface area contributed by atoms with Crippen LogP contribution in [0.1, 0.15) is 11.1 Å². The number of β-amino-alcohol motifs (C(OH)–C–C–N with tert-alkyl or cyclic N) is 1. The molecular weight excluding hydrogens is 522 g/mol. The zero-order valence-electron chi connectivity index (χ0n) is 18.0. The monoisotopic (exact) mass is 540 g/mol. The molecule has 15 heteroatoms. The van der Waals surface area contributed by atoms with Crippen molar-refractivity contribution in [1.29, 1.82) is 5.26 Å². The van der Waals surface area contributed by atoms with Crippen molar-refractivity contribution in [2.24, 2.45) is 5.92 Å². The van der Waals surface area contributed by atoms with Gasteiger partial charge in [0, 0.05) is 19.0 Å². The second-order valence-corrected chi connectivity index (χ2v) is 9.81. The van der Waals surface area contributed by atoms with E-state index in [9.17, 15) is 50.2 Å². The van der Waals surface area contributed by atoms with Gasteiger partial charge >= 0.3 is 12.5 Å². The summed E-state index contributed by atoms with van der Waals surface area (Å²) in [5.74, 6) is -1.49. The predicted octanol–water partition coefficient (Wildman–Crippen LogP) is 2.90. The van der Waals surface area contributed by atoms with Gasteiger partial charge in [0.25, 0.3) is 0 Å². The number of hydrogen-bond acceptors (Lipinski definition) is 7. The number of halogens is 6. The molecule has 0 unspecified atom stereocenters. The lowest BCUT2D eigenvalue weighted by atomic mass is 9.92. The Morgan fingerprint density at radius 3 is 2.22 bits per heavy atom. The molecule has 1 saturated heterocycles. The Morgan fingerprint density at radius 1 is 1.08 bits per heavy atom. The summed E-state index contributed by atoms with van der Waals surface area (Å²) in [4.78, 5) is -0.708. The van der Waals surface area contributed by atoms with E-state index in [0.717, 1.165) is 24.3 Å². The lowest BCUT2D eigenvalue weighted by Gasteiger charge is -2.26. The Hall–Kier alpha value is -3.06. The van der Waals surface area contributed by atoms with Crippen molar-refractivity contribution >= 4 is 10.0 Å². The number of ether oxygens (including phenoxy) is 2. The van der Waals surface area contributed by atoms with Crippen LogP contribution in [0.3, 0.4) is 0 Å². The fourth-order valence-corrected chi connectivity index (χ4v) is 5.25. The number of aliphatic hydroxyl groups excluding tert-OH is 1. The average molecular weight is 540 g/mol. The molecule has 2 N–H and O–H groups in total. The minimum Gasteiger partial charge on any atom is -0.493 e. The quantitative estimate of drug-likeness (QED) is 0.519. The van der Waals surface area contributed by atoms with Crippen LogP contribution in [0.15, 0.2) is 47.4 Å². The van der Waals surface area contributed by atoms with Crippen molar-refractivity contribution in [3.63, 3.8) is 0 Å². The first kappa shape index (κ1) is 27.5. The fraction of sp³-hybridized carbons (Fsp3) is 0.381. The fourth-order valence-electron chi connectivity index (χ4n) is 3.58. The summed E-state index contributed by atoms with van der Waals surface area (Å²) in [7, 11) is -4.57. The Balaban J connectivity index is 1.78. The molecule has 1 heterocycles. The Kier molecular flexibility index (Phi) is 7.47. The van der Waals surface area contributed by atoms with E-state index in [0.29, 0.717) is 22.5 Å². The lowest BCUT2D eigenvalue weighted by molar-refractivity contribution is -0.274. The van der Waals surface area contributed by atoms with Gasteiger partial charge in [-0.05, 0) is 42.5 Å². The molecule has 3 rings (SSSR count). The number of sulfonamides is 1. The largest absolute Gasteiger partial charge is 0.573 e. The normalized spacial score (nSPS) is 21.2. The van der Waals surface area contributed by atoms with Crippen LogP contribution in [0.25, 0.3) is 0 Å². The van der Waals surface area contributed by atoms with Gasteiger partial charge in [-0.3, -0.25) is 0 Å². The van der Waals surface area contributed by atoms with E-state index < -0.39 is 75.5 Å². The summed E-state index contributed by atoms with van der Waals surface area (Å²) < 4.78 is 112. The minimum atomic E-state index is -4.89. The van der Waals surface area contributed by atoms with Gasteiger partial charge in [-0.1, -0.05) is 0 Å². The average Bonchev–Trinajstić information content (AvgIpc) is 3.14. The zero-order valence-corrected chi connectivity index (χ0v) is 18.9. The molecule has 0 amide bonds. The number of aliphatic hydroxyl groups is 2. The number of benzene rings is 2. The van der Waals surface area contributed by atoms with Crippen molar-refractivity contribution in [1.82, 2.24) is 4.31 Å². The van der Waals surface area contributed by atoms with E-state index in [1.54, 1.807) is 0 Å². The highest BCUT2D eigenvalue weighted by molar-refractivity contribution is 7.89. The Labute approximate surface area is 200 Å². The topological polar surface area (TPSA) is 120 Å². The van der Waals surface area contributed by atoms with Crippen LogP contribution in [-0.4, -0.2) is 61.2 Å². The molecule has 196 valence electrons. The first-order valence-electron chi connectivity index (χ1n) is 10.0. The van der Waals surface area contributed by atoms with Crippen LogP contribution in [0.5, 0.6) is 11.5 Å². The molecule has 2 aromatic carbocycles. The molecule has 1 aliphatic heterocycles. The first-order valence-corrected chi connectivity index (χ1v) is 11.5. The Morgan fingerprint density at radius 2 is 1.69 bits per heavy atom. The van der Waals surface area contributed by atoms with Gasteiger partial charge in [0.1, 0.15) is 23.2 Å². The first-order chi connectivity index (χ1) is 16.6. The summed E-state index contributed by atoms with van der Waals surface area (Å²) in [5, 5.41) is 29.7. The third-order valence-corrected chi connectivity index (χ3v) is 7.33. The van der Waals surface area contributed by atoms with Crippen molar-refractivity contribution in [2.45, 2.75) is 23.0 Å². The van der Waals surface area contributed by atoms with Crippen molar-refractivity contribution in [2.75, 3.05) is 26.3 Å². The van der Waals surface area contributed by atoms with Crippen LogP contribution in [-0.2, 0) is 16.2 Å². The summed E-state index contributed by atoms with van der Waals surface area (Å²) >= 11 is 0.